The molecule has 1 aromatic rings. The summed E-state index contributed by atoms with van der Waals surface area (Å²) in [6.07, 6.45) is 9.76. The van der Waals surface area contributed by atoms with E-state index in [1.54, 1.807) is 0 Å². The topological polar surface area (TPSA) is 37.4 Å². The Kier molecular flexibility index (Phi) is 4.35. The summed E-state index contributed by atoms with van der Waals surface area (Å²) in [6.45, 7) is 12.7. The van der Waals surface area contributed by atoms with Gasteiger partial charge in [-0.3, -0.25) is 9.59 Å². The summed E-state index contributed by atoms with van der Waals surface area (Å²) in [7, 11) is 0. The lowest BCUT2D eigenvalue weighted by molar-refractivity contribution is -0.119. The fourth-order valence-electron chi connectivity index (χ4n) is 4.53. The monoisotopic (exact) mass is 347 g/mol. The molecule has 2 amide bonds. The van der Waals surface area contributed by atoms with Crippen LogP contribution in [0.25, 0.3) is 0 Å². The first-order chi connectivity index (χ1) is 12.2. The third-order valence-corrected chi connectivity index (χ3v) is 5.55. The summed E-state index contributed by atoms with van der Waals surface area (Å²) in [4.78, 5) is 25.0. The van der Waals surface area contributed by atoms with Gasteiger partial charge in [-0.25, -0.2) is 4.90 Å². The van der Waals surface area contributed by atoms with E-state index in [1.165, 1.54) is 33.8 Å². The molecule has 1 saturated carbocycles. The second-order valence-electron chi connectivity index (χ2n) is 7.80. The zero-order chi connectivity index (χ0) is 19.1. The Balaban J connectivity index is 2.01. The third-order valence-electron chi connectivity index (χ3n) is 5.55. The molecule has 0 spiro atoms. The van der Waals surface area contributed by atoms with Crippen LogP contribution in [0.3, 0.4) is 0 Å². The van der Waals surface area contributed by atoms with Gasteiger partial charge in [0, 0.05) is 17.6 Å². The number of anilines is 1. The predicted molar refractivity (Wildman–Crippen MR) is 106 cm³/mol. The molecule has 1 fully saturated rings. The van der Waals surface area contributed by atoms with Gasteiger partial charge in [0.05, 0.1) is 5.69 Å². The van der Waals surface area contributed by atoms with Crippen molar-refractivity contribution in [2.75, 3.05) is 4.90 Å². The van der Waals surface area contributed by atoms with Gasteiger partial charge in [0.2, 0.25) is 0 Å². The number of allylic oxidation sites excluding steroid dienone is 5. The van der Waals surface area contributed by atoms with Crippen LogP contribution in [0.2, 0.25) is 0 Å². The first-order valence-corrected chi connectivity index (χ1v) is 8.91. The molecule has 3 nitrogen and oxygen atoms in total. The number of benzene rings is 1. The largest absolute Gasteiger partial charge is 0.269 e. The Labute approximate surface area is 155 Å². The fraction of sp³-hybridized carbons (Fsp3) is 0.304. The lowest BCUT2D eigenvalue weighted by Crippen LogP contribution is -2.29. The minimum absolute atomic E-state index is 0.0499. The summed E-state index contributed by atoms with van der Waals surface area (Å²) in [5.41, 5.74) is 4.35. The van der Waals surface area contributed by atoms with E-state index in [0.717, 1.165) is 6.42 Å². The molecule has 1 unspecified atom stereocenters. The van der Waals surface area contributed by atoms with Crippen molar-refractivity contribution in [1.82, 2.24) is 0 Å². The molecular formula is C23H25NO2. The minimum Gasteiger partial charge on any atom is -0.269 e. The van der Waals surface area contributed by atoms with Gasteiger partial charge in [0.15, 0.2) is 0 Å². The van der Waals surface area contributed by atoms with Gasteiger partial charge in [0.25, 0.3) is 11.8 Å². The highest BCUT2D eigenvalue weighted by molar-refractivity contribution is 6.28. The second-order valence-corrected chi connectivity index (χ2v) is 7.80. The van der Waals surface area contributed by atoms with Crippen molar-refractivity contribution < 1.29 is 9.59 Å². The highest BCUT2D eigenvalue weighted by Crippen LogP contribution is 2.57. The minimum atomic E-state index is -0.290. The van der Waals surface area contributed by atoms with E-state index in [9.17, 15) is 9.59 Å². The number of carbonyl (C=O) groups is 2. The van der Waals surface area contributed by atoms with E-state index in [2.05, 4.69) is 46.4 Å². The van der Waals surface area contributed by atoms with Gasteiger partial charge in [-0.1, -0.05) is 57.7 Å². The summed E-state index contributed by atoms with van der Waals surface area (Å²) in [5, 5.41) is 0. The molecule has 26 heavy (non-hydrogen) atoms. The molecule has 3 rings (SSSR count). The third kappa shape index (κ3) is 2.68. The first kappa shape index (κ1) is 18.1. The Morgan fingerprint density at radius 3 is 2.08 bits per heavy atom. The second kappa shape index (κ2) is 6.24. The van der Waals surface area contributed by atoms with Crippen molar-refractivity contribution in [3.8, 4) is 0 Å². The molecule has 0 N–H and O–H groups in total. The maximum absolute atomic E-state index is 11.9. The van der Waals surface area contributed by atoms with Crippen LogP contribution in [0.15, 0.2) is 72.4 Å². The molecule has 134 valence electrons. The van der Waals surface area contributed by atoms with Crippen molar-refractivity contribution >= 4 is 17.5 Å². The highest BCUT2D eigenvalue weighted by Gasteiger charge is 2.47. The van der Waals surface area contributed by atoms with Crippen LogP contribution in [-0.4, -0.2) is 11.8 Å². The standard InChI is InChI=1S/C23H25NO2/c1-6-8-19-18(7-2)23(5,15-22(19,3)4)16-9-11-17(12-10-16)24-20(25)13-14-21(24)26/h6-14H,1,15H2,2-5H3/b18-7+,19-8+. The molecule has 1 aliphatic carbocycles. The number of carbonyl (C=O) groups excluding carboxylic acids is 2. The van der Waals surface area contributed by atoms with Crippen molar-refractivity contribution in [1.29, 1.82) is 0 Å². The Hall–Kier alpha value is -2.68. The molecule has 0 radical (unpaired) electrons. The Bertz CT molecular complexity index is 850. The maximum atomic E-state index is 11.9. The van der Waals surface area contributed by atoms with Gasteiger partial charge in [-0.15, -0.1) is 0 Å². The highest BCUT2D eigenvalue weighted by atomic mass is 16.2. The zero-order valence-electron chi connectivity index (χ0n) is 15.9. The van der Waals surface area contributed by atoms with Crippen molar-refractivity contribution in [2.24, 2.45) is 5.41 Å². The van der Waals surface area contributed by atoms with Crippen LogP contribution in [0.1, 0.15) is 39.7 Å². The molecule has 0 aromatic heterocycles. The van der Waals surface area contributed by atoms with Crippen LogP contribution in [0.5, 0.6) is 0 Å². The lowest BCUT2D eigenvalue weighted by Gasteiger charge is -2.28. The van der Waals surface area contributed by atoms with Gasteiger partial charge < -0.3 is 0 Å². The number of hydrogen-bond donors (Lipinski definition) is 0. The number of imide groups is 1. The molecule has 0 bridgehead atoms. The van der Waals surface area contributed by atoms with E-state index in [4.69, 9.17) is 0 Å². The molecule has 1 aromatic carbocycles. The van der Waals surface area contributed by atoms with Gasteiger partial charge in [-0.05, 0) is 47.6 Å². The predicted octanol–water partition coefficient (Wildman–Crippen LogP) is 4.86. The molecule has 3 heteroatoms. The van der Waals surface area contributed by atoms with Crippen LogP contribution >= 0.6 is 0 Å². The summed E-state index contributed by atoms with van der Waals surface area (Å²) >= 11 is 0. The van der Waals surface area contributed by atoms with E-state index < -0.39 is 0 Å². The van der Waals surface area contributed by atoms with E-state index in [-0.39, 0.29) is 22.6 Å². The van der Waals surface area contributed by atoms with Crippen LogP contribution in [-0.2, 0) is 15.0 Å². The van der Waals surface area contributed by atoms with Gasteiger partial charge in [0.1, 0.15) is 0 Å². The van der Waals surface area contributed by atoms with Crippen LogP contribution < -0.4 is 4.90 Å². The molecular weight excluding hydrogens is 322 g/mol. The molecule has 0 saturated heterocycles. The van der Waals surface area contributed by atoms with E-state index in [1.807, 2.05) is 30.3 Å². The molecule has 1 heterocycles. The average molecular weight is 347 g/mol. The number of amides is 2. The molecule has 1 aliphatic heterocycles. The number of rotatable bonds is 3. The van der Waals surface area contributed by atoms with Crippen LogP contribution in [0, 0.1) is 5.41 Å². The Morgan fingerprint density at radius 1 is 1.00 bits per heavy atom. The van der Waals surface area contributed by atoms with Gasteiger partial charge in [-0.2, -0.15) is 0 Å². The van der Waals surface area contributed by atoms with Crippen molar-refractivity contribution in [3.63, 3.8) is 0 Å². The normalized spacial score (nSPS) is 27.8. The first-order valence-electron chi connectivity index (χ1n) is 8.91. The molecule has 1 atom stereocenters. The smallest absolute Gasteiger partial charge is 0.258 e. The number of hydrogen-bond acceptors (Lipinski definition) is 2. The quantitative estimate of drug-likeness (QED) is 0.732. The summed E-state index contributed by atoms with van der Waals surface area (Å²) in [5.74, 6) is -0.581. The van der Waals surface area contributed by atoms with Crippen molar-refractivity contribution in [2.45, 2.75) is 39.5 Å². The zero-order valence-corrected chi connectivity index (χ0v) is 15.9. The van der Waals surface area contributed by atoms with Gasteiger partial charge >= 0.3 is 0 Å². The van der Waals surface area contributed by atoms with E-state index >= 15 is 0 Å². The lowest BCUT2D eigenvalue weighted by atomic mass is 9.76. The summed E-state index contributed by atoms with van der Waals surface area (Å²) < 4.78 is 0. The maximum Gasteiger partial charge on any atom is 0.258 e. The van der Waals surface area contributed by atoms with E-state index in [0.29, 0.717) is 5.69 Å². The Morgan fingerprint density at radius 2 is 1.58 bits per heavy atom. The fourth-order valence-corrected chi connectivity index (χ4v) is 4.53. The van der Waals surface area contributed by atoms with Crippen molar-refractivity contribution in [3.05, 3.63) is 77.9 Å². The summed E-state index contributed by atoms with van der Waals surface area (Å²) in [6, 6.07) is 7.78. The molecule has 2 aliphatic rings. The average Bonchev–Trinajstić information content (AvgIpc) is 3.02. The SMILES string of the molecule is C=C/C=C1\C(=C/C)C(C)(c2ccc(N3C(=O)C=CC3=O)cc2)CC1(C)C. The number of nitrogens with zero attached hydrogens (tertiary/aromatic N) is 1. The van der Waals surface area contributed by atoms with Crippen LogP contribution in [0.4, 0.5) is 5.69 Å².